The van der Waals surface area contributed by atoms with Crippen molar-refractivity contribution in [2.24, 2.45) is 17.8 Å². The topological polar surface area (TPSA) is 165 Å². The molecule has 0 bridgehead atoms. The molecule has 2 unspecified atom stereocenters. The summed E-state index contributed by atoms with van der Waals surface area (Å²) in [4.78, 5) is 98.2. The van der Waals surface area contributed by atoms with E-state index in [9.17, 15) is 28.8 Å². The Labute approximate surface area is 427 Å². The first kappa shape index (κ1) is 51.1. The fourth-order valence-corrected chi connectivity index (χ4v) is 13.4. The van der Waals surface area contributed by atoms with Crippen LogP contribution in [0.3, 0.4) is 0 Å². The van der Waals surface area contributed by atoms with E-state index in [0.29, 0.717) is 92.8 Å². The Kier molecular flexibility index (Phi) is 16.4. The fourth-order valence-electron chi connectivity index (χ4n) is 9.47. The molecule has 2 N–H and O–H groups in total. The second kappa shape index (κ2) is 22.4. The summed E-state index contributed by atoms with van der Waals surface area (Å²) in [6, 6.07) is 7.95. The van der Waals surface area contributed by atoms with Gasteiger partial charge in [0.2, 0.25) is 23.6 Å². The zero-order valence-corrected chi connectivity index (χ0v) is 43.9. The molecular weight excluding hydrogens is 961 g/mol. The smallest absolute Gasteiger partial charge is 0.254 e. The van der Waals surface area contributed by atoms with Crippen molar-refractivity contribution in [1.82, 2.24) is 29.6 Å². The van der Waals surface area contributed by atoms with Crippen LogP contribution in [0, 0.1) is 24.7 Å². The van der Waals surface area contributed by atoms with Crippen LogP contribution < -0.4 is 10.6 Å². The number of amides is 6. The predicted octanol–water partition coefficient (Wildman–Crippen LogP) is 9.00. The van der Waals surface area contributed by atoms with Gasteiger partial charge in [0.25, 0.3) is 11.8 Å². The molecule has 18 heteroatoms. The maximum absolute atomic E-state index is 14.4. The van der Waals surface area contributed by atoms with E-state index in [2.05, 4.69) is 52.8 Å². The van der Waals surface area contributed by atoms with Crippen molar-refractivity contribution >= 4 is 91.9 Å². The fraction of sp³-hybridized carbons (Fsp3) is 0.462. The van der Waals surface area contributed by atoms with Gasteiger partial charge < -0.3 is 30.2 Å². The minimum absolute atomic E-state index is 0.00629. The number of thiazole rings is 2. The minimum atomic E-state index is -0.210. The van der Waals surface area contributed by atoms with Crippen LogP contribution in [0.25, 0.3) is 0 Å². The maximum atomic E-state index is 14.4. The molecule has 2 aromatic heterocycles. The van der Waals surface area contributed by atoms with Crippen LogP contribution in [-0.4, -0.2) is 116 Å². The second-order valence-electron chi connectivity index (χ2n) is 18.6. The number of nitrogens with one attached hydrogen (secondary N) is 2. The Morgan fingerprint density at radius 1 is 0.729 bits per heavy atom. The van der Waals surface area contributed by atoms with E-state index in [1.807, 2.05) is 54.5 Å². The molecular formula is C52H62N8O6S4. The molecule has 2 aliphatic heterocycles. The summed E-state index contributed by atoms with van der Waals surface area (Å²) in [6.07, 6.45) is 12.1. The zero-order valence-electron chi connectivity index (χ0n) is 40.6. The van der Waals surface area contributed by atoms with Gasteiger partial charge in [0, 0.05) is 84.1 Å². The molecule has 6 amide bonds. The van der Waals surface area contributed by atoms with Gasteiger partial charge >= 0.3 is 0 Å². The van der Waals surface area contributed by atoms with Gasteiger partial charge in [-0.15, -0.1) is 0 Å². The lowest BCUT2D eigenvalue weighted by Crippen LogP contribution is -2.56. The van der Waals surface area contributed by atoms with E-state index < -0.39 is 0 Å². The molecule has 0 radical (unpaired) electrons. The van der Waals surface area contributed by atoms with Crippen LogP contribution in [0.4, 0.5) is 10.3 Å². The SMILES string of the molecule is C=CC(=O)N1CCN(C(=O)c2cc(Sc3cnc(NC(=O)C4CC4Cc4cc(CC)c(C(=O)N5CCCN(C(=O)C=C)[C@H](C)C5)cc4Sc4cnc(NC(=O)C5CC5)s4)s3)c(C)cc2CC)C[C@H]1CC. The van der Waals surface area contributed by atoms with Crippen molar-refractivity contribution in [3.8, 4) is 0 Å². The third kappa shape index (κ3) is 11.7. The van der Waals surface area contributed by atoms with Gasteiger partial charge in [0.1, 0.15) is 0 Å². The third-order valence-corrected chi connectivity index (χ3v) is 18.0. The van der Waals surface area contributed by atoms with E-state index in [1.54, 1.807) is 17.3 Å². The number of anilines is 2. The molecule has 4 fully saturated rings. The number of aromatic nitrogens is 2. The molecule has 2 aromatic carbocycles. The number of rotatable bonds is 17. The molecule has 4 aromatic rings. The summed E-state index contributed by atoms with van der Waals surface area (Å²) in [5.74, 6) is -0.513. The highest BCUT2D eigenvalue weighted by molar-refractivity contribution is 8.01. The van der Waals surface area contributed by atoms with Crippen LogP contribution in [-0.2, 0) is 38.4 Å². The Bertz CT molecular complexity index is 2700. The van der Waals surface area contributed by atoms with Gasteiger partial charge in [-0.1, -0.05) is 92.3 Å². The predicted molar refractivity (Wildman–Crippen MR) is 278 cm³/mol. The van der Waals surface area contributed by atoms with Gasteiger partial charge in [0.05, 0.1) is 20.8 Å². The van der Waals surface area contributed by atoms with Gasteiger partial charge in [0.15, 0.2) is 10.3 Å². The number of aryl methyl sites for hydroxylation is 3. The number of hydrogen-bond acceptors (Lipinski definition) is 12. The molecule has 4 aliphatic rings. The maximum Gasteiger partial charge on any atom is 0.254 e. The molecule has 2 saturated carbocycles. The first-order valence-electron chi connectivity index (χ1n) is 24.3. The number of piperazine rings is 1. The number of nitrogens with zero attached hydrogens (tertiary/aromatic N) is 6. The molecule has 370 valence electrons. The Hall–Kier alpha value is -5.30. The second-order valence-corrected chi connectivity index (χ2v) is 23.3. The lowest BCUT2D eigenvalue weighted by molar-refractivity contribution is -0.130. The van der Waals surface area contributed by atoms with Gasteiger partial charge in [-0.2, -0.15) is 0 Å². The monoisotopic (exact) mass is 1020 g/mol. The number of carbonyl (C=O) groups is 6. The summed E-state index contributed by atoms with van der Waals surface area (Å²) in [5, 5.41) is 7.09. The molecule has 70 heavy (non-hydrogen) atoms. The number of hydrogen-bond donors (Lipinski definition) is 2. The largest absolute Gasteiger partial charge is 0.337 e. The van der Waals surface area contributed by atoms with E-state index in [0.717, 1.165) is 59.7 Å². The zero-order chi connectivity index (χ0) is 49.8. The first-order chi connectivity index (χ1) is 33.7. The van der Waals surface area contributed by atoms with Crippen LogP contribution in [0.5, 0.6) is 0 Å². The summed E-state index contributed by atoms with van der Waals surface area (Å²) < 4.78 is 1.76. The van der Waals surface area contributed by atoms with Crippen molar-refractivity contribution in [3.63, 3.8) is 0 Å². The first-order valence-corrected chi connectivity index (χ1v) is 27.6. The Morgan fingerprint density at radius 2 is 1.31 bits per heavy atom. The van der Waals surface area contributed by atoms with E-state index >= 15 is 0 Å². The summed E-state index contributed by atoms with van der Waals surface area (Å²) >= 11 is 5.85. The van der Waals surface area contributed by atoms with Gasteiger partial charge in [-0.05, 0) is 118 Å². The van der Waals surface area contributed by atoms with Crippen LogP contribution in [0.15, 0.2) is 80.2 Å². The third-order valence-electron chi connectivity index (χ3n) is 13.7. The minimum Gasteiger partial charge on any atom is -0.337 e. The Balaban J connectivity index is 0.950. The highest BCUT2D eigenvalue weighted by atomic mass is 32.2. The highest BCUT2D eigenvalue weighted by Crippen LogP contribution is 2.46. The van der Waals surface area contributed by atoms with Gasteiger partial charge in [-0.3, -0.25) is 28.8 Å². The average Bonchev–Trinajstić information content (AvgIpc) is 4.29. The van der Waals surface area contributed by atoms with E-state index in [1.165, 1.54) is 58.3 Å². The molecule has 4 heterocycles. The average molecular weight is 1020 g/mol. The number of carbonyl (C=O) groups excluding carboxylic acids is 6. The molecule has 8 rings (SSSR count). The van der Waals surface area contributed by atoms with Crippen molar-refractivity contribution in [2.45, 2.75) is 116 Å². The normalized spacial score (nSPS) is 20.1. The quantitative estimate of drug-likeness (QED) is 0.0976. The van der Waals surface area contributed by atoms with Gasteiger partial charge in [-0.25, -0.2) is 9.97 Å². The van der Waals surface area contributed by atoms with Crippen molar-refractivity contribution in [3.05, 3.63) is 95.3 Å². The van der Waals surface area contributed by atoms with E-state index in [-0.39, 0.29) is 65.3 Å². The summed E-state index contributed by atoms with van der Waals surface area (Å²) in [5.41, 5.74) is 5.29. The van der Waals surface area contributed by atoms with Crippen molar-refractivity contribution in [2.75, 3.05) is 49.9 Å². The lowest BCUT2D eigenvalue weighted by atomic mass is 9.97. The summed E-state index contributed by atoms with van der Waals surface area (Å²) in [7, 11) is 0. The number of benzene rings is 2. The summed E-state index contributed by atoms with van der Waals surface area (Å²) in [6.45, 7) is 20.3. The van der Waals surface area contributed by atoms with Crippen LogP contribution >= 0.6 is 46.2 Å². The highest BCUT2D eigenvalue weighted by Gasteiger charge is 2.44. The van der Waals surface area contributed by atoms with Crippen molar-refractivity contribution in [1.29, 1.82) is 0 Å². The molecule has 2 aliphatic carbocycles. The Morgan fingerprint density at radius 3 is 1.93 bits per heavy atom. The molecule has 14 nitrogen and oxygen atoms in total. The van der Waals surface area contributed by atoms with Crippen LogP contribution in [0.2, 0.25) is 0 Å². The molecule has 0 spiro atoms. The molecule has 4 atom stereocenters. The molecule has 2 saturated heterocycles. The standard InChI is InChI=1S/C52H62N8O6S4/c1-8-32-20-30(6)41(24-39(32)50(66)58-18-19-60(44(62)12-5)37(10-3)29-58)67-45-26-54-52(69-45)56-48(64)38-23-35(38)22-36-21-33(9-2)40(49(65)57-16-13-17-59(31(7)28-57)43(61)11-4)25-42(36)68-46-27-53-51(70-46)55-47(63)34-14-15-34/h11-12,20-21,24-27,31,34-35,37-38H,4-5,8-10,13-19,22-23,28-29H2,1-3,6-7H3,(H,53,55,63)(H,54,56,64)/t31-,35?,37-,38?/m1/s1. The lowest BCUT2D eigenvalue weighted by Gasteiger charge is -2.41. The van der Waals surface area contributed by atoms with E-state index in [4.69, 9.17) is 0 Å². The van der Waals surface area contributed by atoms with Crippen molar-refractivity contribution < 1.29 is 28.8 Å². The van der Waals surface area contributed by atoms with Crippen LogP contribution in [0.1, 0.15) is 103 Å².